The number of aryl methyl sites for hydroxylation is 3. The third-order valence-electron chi connectivity index (χ3n) is 4.30. The van der Waals surface area contributed by atoms with Gasteiger partial charge in [0, 0.05) is 6.20 Å². The number of aromatic nitrogens is 1. The topological polar surface area (TPSA) is 52.9 Å². The molecule has 0 atom stereocenters. The Labute approximate surface area is 168 Å². The molecule has 5 nitrogen and oxygen atoms in total. The first-order valence-corrected chi connectivity index (χ1v) is 9.56. The van der Waals surface area contributed by atoms with Crippen molar-refractivity contribution < 1.29 is 14.3 Å². The Balaban J connectivity index is 1.85. The van der Waals surface area contributed by atoms with E-state index in [9.17, 15) is 0 Å². The van der Waals surface area contributed by atoms with Crippen LogP contribution in [0.5, 0.6) is 11.5 Å². The highest BCUT2D eigenvalue weighted by Gasteiger charge is 2.07. The monoisotopic (exact) mass is 382 g/mol. The van der Waals surface area contributed by atoms with Crippen LogP contribution in [0, 0.1) is 13.8 Å². The van der Waals surface area contributed by atoms with E-state index in [0.29, 0.717) is 13.2 Å². The third kappa shape index (κ3) is 6.41. The molecule has 0 unspecified atom stereocenters. The van der Waals surface area contributed by atoms with Gasteiger partial charge in [0.15, 0.2) is 0 Å². The van der Waals surface area contributed by atoms with Crippen LogP contribution in [0.3, 0.4) is 0 Å². The summed E-state index contributed by atoms with van der Waals surface area (Å²) in [6, 6.07) is 8.09. The van der Waals surface area contributed by atoms with Crippen molar-refractivity contribution in [2.24, 2.45) is 5.16 Å². The Bertz CT molecular complexity index is 788. The van der Waals surface area contributed by atoms with Crippen LogP contribution in [-0.4, -0.2) is 31.0 Å². The van der Waals surface area contributed by atoms with Gasteiger partial charge in [-0.15, -0.1) is 0 Å². The second-order valence-corrected chi connectivity index (χ2v) is 6.63. The Kier molecular flexibility index (Phi) is 8.53. The van der Waals surface area contributed by atoms with Gasteiger partial charge in [-0.3, -0.25) is 4.98 Å². The lowest BCUT2D eigenvalue weighted by Crippen LogP contribution is -2.04. The summed E-state index contributed by atoms with van der Waals surface area (Å²) in [5, 5.41) is 3.90. The number of rotatable bonds is 10. The first kappa shape index (κ1) is 21.5. The minimum Gasteiger partial charge on any atom is -0.493 e. The largest absolute Gasteiger partial charge is 0.493 e. The Morgan fingerprint density at radius 1 is 1.14 bits per heavy atom. The molecule has 0 amide bonds. The van der Waals surface area contributed by atoms with E-state index >= 15 is 0 Å². The SMILES string of the molecule is C/C=C/COc1cc(C)c(OCCCc2ccc(/C(C)=N/OC)nc2)c(C)c1. The maximum absolute atomic E-state index is 6.04. The van der Waals surface area contributed by atoms with Crippen molar-refractivity contribution in [2.75, 3.05) is 20.3 Å². The highest BCUT2D eigenvalue weighted by molar-refractivity contribution is 5.96. The van der Waals surface area contributed by atoms with E-state index < -0.39 is 0 Å². The summed E-state index contributed by atoms with van der Waals surface area (Å²) >= 11 is 0. The van der Waals surface area contributed by atoms with E-state index in [1.807, 2.05) is 50.4 Å². The lowest BCUT2D eigenvalue weighted by Gasteiger charge is -2.14. The number of oxime groups is 1. The van der Waals surface area contributed by atoms with Crippen LogP contribution in [0.25, 0.3) is 0 Å². The van der Waals surface area contributed by atoms with E-state index in [-0.39, 0.29) is 0 Å². The molecule has 2 rings (SSSR count). The number of ether oxygens (including phenoxy) is 2. The fraction of sp³-hybridized carbons (Fsp3) is 0.391. The molecule has 28 heavy (non-hydrogen) atoms. The first-order valence-electron chi connectivity index (χ1n) is 9.56. The molecule has 0 aliphatic rings. The average molecular weight is 383 g/mol. The quantitative estimate of drug-likeness (QED) is 0.250. The van der Waals surface area contributed by atoms with Crippen LogP contribution < -0.4 is 9.47 Å². The van der Waals surface area contributed by atoms with Crippen molar-refractivity contribution in [2.45, 2.75) is 40.5 Å². The summed E-state index contributed by atoms with van der Waals surface area (Å²) in [5.41, 5.74) is 4.95. The zero-order valence-corrected chi connectivity index (χ0v) is 17.5. The normalized spacial score (nSPS) is 11.7. The zero-order chi connectivity index (χ0) is 20.4. The molecule has 0 saturated carbocycles. The number of benzene rings is 1. The van der Waals surface area contributed by atoms with Gasteiger partial charge in [0.05, 0.1) is 12.3 Å². The Morgan fingerprint density at radius 2 is 1.89 bits per heavy atom. The summed E-state index contributed by atoms with van der Waals surface area (Å²) in [4.78, 5) is 9.21. The molecule has 0 aliphatic carbocycles. The Hall–Kier alpha value is -2.82. The van der Waals surface area contributed by atoms with Crippen molar-refractivity contribution in [3.05, 3.63) is 65.0 Å². The average Bonchev–Trinajstić information content (AvgIpc) is 2.67. The second kappa shape index (κ2) is 11.1. The minimum absolute atomic E-state index is 0.583. The van der Waals surface area contributed by atoms with Gasteiger partial charge in [0.2, 0.25) is 0 Å². The van der Waals surface area contributed by atoms with E-state index in [2.05, 4.69) is 30.1 Å². The summed E-state index contributed by atoms with van der Waals surface area (Å²) in [7, 11) is 1.53. The molecule has 0 saturated heterocycles. The minimum atomic E-state index is 0.583. The van der Waals surface area contributed by atoms with Crippen LogP contribution in [0.15, 0.2) is 47.8 Å². The molecule has 1 aromatic carbocycles. The van der Waals surface area contributed by atoms with Gasteiger partial charge in [-0.25, -0.2) is 0 Å². The summed E-state index contributed by atoms with van der Waals surface area (Å²) in [5.74, 6) is 1.82. The van der Waals surface area contributed by atoms with Crippen molar-refractivity contribution in [3.8, 4) is 11.5 Å². The molecule has 0 spiro atoms. The first-order chi connectivity index (χ1) is 13.5. The van der Waals surface area contributed by atoms with Crippen molar-refractivity contribution in [1.29, 1.82) is 0 Å². The van der Waals surface area contributed by atoms with Crippen LogP contribution >= 0.6 is 0 Å². The number of pyridine rings is 1. The van der Waals surface area contributed by atoms with Gasteiger partial charge >= 0.3 is 0 Å². The van der Waals surface area contributed by atoms with Crippen LogP contribution in [0.1, 0.15) is 42.7 Å². The van der Waals surface area contributed by atoms with E-state index in [0.717, 1.165) is 46.9 Å². The van der Waals surface area contributed by atoms with Gasteiger partial charge in [-0.05, 0) is 75.4 Å². The standard InChI is InChI=1S/C23H30N2O3/c1-6-7-12-27-21-14-17(2)23(18(3)15-21)28-13-8-9-20-10-11-22(24-16-20)19(4)25-26-5/h6-7,10-11,14-16H,8-9,12-13H2,1-5H3/b7-6+,25-19+. The molecule has 0 N–H and O–H groups in total. The van der Waals surface area contributed by atoms with E-state index in [1.54, 1.807) is 0 Å². The van der Waals surface area contributed by atoms with Gasteiger partial charge in [0.1, 0.15) is 30.9 Å². The highest BCUT2D eigenvalue weighted by Crippen LogP contribution is 2.28. The highest BCUT2D eigenvalue weighted by atomic mass is 16.6. The maximum atomic E-state index is 6.04. The molecule has 0 bridgehead atoms. The lowest BCUT2D eigenvalue weighted by atomic mass is 10.1. The third-order valence-corrected chi connectivity index (χ3v) is 4.30. The molecule has 1 aromatic heterocycles. The van der Waals surface area contributed by atoms with Gasteiger partial charge in [-0.1, -0.05) is 23.4 Å². The summed E-state index contributed by atoms with van der Waals surface area (Å²) in [6.45, 7) is 9.21. The molecular weight excluding hydrogens is 352 g/mol. The molecule has 0 aliphatic heterocycles. The fourth-order valence-electron chi connectivity index (χ4n) is 2.88. The summed E-state index contributed by atoms with van der Waals surface area (Å²) in [6.07, 6.45) is 7.69. The van der Waals surface area contributed by atoms with Crippen LogP contribution in [-0.2, 0) is 11.3 Å². The predicted molar refractivity (Wildman–Crippen MR) is 113 cm³/mol. The number of nitrogens with zero attached hydrogens (tertiary/aromatic N) is 2. The predicted octanol–water partition coefficient (Wildman–Crippen LogP) is 5.04. The molecule has 1 heterocycles. The molecule has 0 fully saturated rings. The maximum Gasteiger partial charge on any atom is 0.125 e. The van der Waals surface area contributed by atoms with E-state index in [4.69, 9.17) is 14.3 Å². The number of hydrogen-bond donors (Lipinski definition) is 0. The smallest absolute Gasteiger partial charge is 0.125 e. The molecular formula is C23H30N2O3. The van der Waals surface area contributed by atoms with Gasteiger partial charge in [-0.2, -0.15) is 0 Å². The van der Waals surface area contributed by atoms with Gasteiger partial charge in [0.25, 0.3) is 0 Å². The molecule has 2 aromatic rings. The van der Waals surface area contributed by atoms with Crippen molar-refractivity contribution in [3.63, 3.8) is 0 Å². The van der Waals surface area contributed by atoms with Crippen LogP contribution in [0.2, 0.25) is 0 Å². The second-order valence-electron chi connectivity index (χ2n) is 6.63. The molecule has 150 valence electrons. The fourth-order valence-corrected chi connectivity index (χ4v) is 2.88. The molecule has 5 heteroatoms. The lowest BCUT2D eigenvalue weighted by molar-refractivity contribution is 0.213. The van der Waals surface area contributed by atoms with Crippen LogP contribution in [0.4, 0.5) is 0 Å². The molecule has 0 radical (unpaired) electrons. The van der Waals surface area contributed by atoms with Crippen molar-refractivity contribution >= 4 is 5.71 Å². The van der Waals surface area contributed by atoms with E-state index in [1.165, 1.54) is 12.7 Å². The van der Waals surface area contributed by atoms with Gasteiger partial charge < -0.3 is 14.3 Å². The zero-order valence-electron chi connectivity index (χ0n) is 17.5. The Morgan fingerprint density at radius 3 is 2.50 bits per heavy atom. The van der Waals surface area contributed by atoms with Crippen molar-refractivity contribution in [1.82, 2.24) is 4.98 Å². The number of hydrogen-bond acceptors (Lipinski definition) is 5. The number of allylic oxidation sites excluding steroid dienone is 1. The summed E-state index contributed by atoms with van der Waals surface area (Å²) < 4.78 is 11.8.